The summed E-state index contributed by atoms with van der Waals surface area (Å²) in [5.41, 5.74) is 2.49. The molecule has 1 N–H and O–H groups in total. The Morgan fingerprint density at radius 3 is 2.84 bits per heavy atom. The van der Waals surface area contributed by atoms with E-state index >= 15 is 0 Å². The molecule has 1 fully saturated rings. The van der Waals surface area contributed by atoms with Gasteiger partial charge in [-0.1, -0.05) is 33.3 Å². The fourth-order valence-electron chi connectivity index (χ4n) is 3.37. The second-order valence-corrected chi connectivity index (χ2v) is 6.58. The Kier molecular flexibility index (Phi) is 4.98. The number of nitrogens with one attached hydrogen (secondary N) is 1. The van der Waals surface area contributed by atoms with E-state index < -0.39 is 0 Å². The van der Waals surface area contributed by atoms with Crippen LogP contribution in [0.5, 0.6) is 0 Å². The molecule has 1 saturated carbocycles. The van der Waals surface area contributed by atoms with E-state index in [0.29, 0.717) is 6.04 Å². The summed E-state index contributed by atoms with van der Waals surface area (Å²) < 4.78 is 0. The molecule has 1 aliphatic rings. The van der Waals surface area contributed by atoms with Gasteiger partial charge >= 0.3 is 0 Å². The molecule has 106 valence electrons. The predicted molar refractivity (Wildman–Crippen MR) is 80.9 cm³/mol. The molecule has 1 heterocycles. The van der Waals surface area contributed by atoms with Gasteiger partial charge in [0.25, 0.3) is 0 Å². The Morgan fingerprint density at radius 1 is 1.37 bits per heavy atom. The number of hydrogen-bond acceptors (Lipinski definition) is 2. The van der Waals surface area contributed by atoms with E-state index in [1.165, 1.54) is 30.5 Å². The molecule has 3 unspecified atom stereocenters. The third kappa shape index (κ3) is 3.79. The summed E-state index contributed by atoms with van der Waals surface area (Å²) in [4.78, 5) is 4.49. The predicted octanol–water partition coefficient (Wildman–Crippen LogP) is 3.94. The van der Waals surface area contributed by atoms with Crippen LogP contribution in [0.1, 0.15) is 51.3 Å². The maximum Gasteiger partial charge on any atom is 0.0570 e. The SMILES string of the molecule is Cc1cccnc1CNC1CC(C)CCC1C(C)C. The average molecular weight is 260 g/mol. The minimum absolute atomic E-state index is 0.658. The third-order valence-corrected chi connectivity index (χ3v) is 4.67. The van der Waals surface area contributed by atoms with E-state index in [1.54, 1.807) is 0 Å². The molecule has 0 radical (unpaired) electrons. The molecule has 3 atom stereocenters. The average Bonchev–Trinajstić information content (AvgIpc) is 2.37. The van der Waals surface area contributed by atoms with Crippen molar-refractivity contribution in [3.05, 3.63) is 29.6 Å². The van der Waals surface area contributed by atoms with Gasteiger partial charge in [0.15, 0.2) is 0 Å². The maximum atomic E-state index is 4.49. The molecule has 0 saturated heterocycles. The van der Waals surface area contributed by atoms with E-state index in [9.17, 15) is 0 Å². The molecule has 2 nitrogen and oxygen atoms in total. The topological polar surface area (TPSA) is 24.9 Å². The maximum absolute atomic E-state index is 4.49. The summed E-state index contributed by atoms with van der Waals surface area (Å²) in [6, 6.07) is 4.82. The fraction of sp³-hybridized carbons (Fsp3) is 0.706. The zero-order chi connectivity index (χ0) is 13.8. The van der Waals surface area contributed by atoms with Gasteiger partial charge in [-0.2, -0.15) is 0 Å². The van der Waals surface area contributed by atoms with Crippen LogP contribution in [-0.2, 0) is 6.54 Å². The number of pyridine rings is 1. The molecular weight excluding hydrogens is 232 g/mol. The smallest absolute Gasteiger partial charge is 0.0570 e. The molecule has 0 aromatic carbocycles. The summed E-state index contributed by atoms with van der Waals surface area (Å²) in [6.07, 6.45) is 5.98. The van der Waals surface area contributed by atoms with E-state index in [2.05, 4.69) is 44.1 Å². The van der Waals surface area contributed by atoms with Crippen molar-refractivity contribution in [1.29, 1.82) is 0 Å². The summed E-state index contributed by atoms with van der Waals surface area (Å²) >= 11 is 0. The van der Waals surface area contributed by atoms with Gasteiger partial charge in [0.05, 0.1) is 5.69 Å². The molecular formula is C17H28N2. The Bertz CT molecular complexity index is 400. The van der Waals surface area contributed by atoms with Crippen LogP contribution in [0.2, 0.25) is 0 Å². The van der Waals surface area contributed by atoms with Crippen LogP contribution in [0.3, 0.4) is 0 Å². The van der Waals surface area contributed by atoms with Crippen molar-refractivity contribution in [2.45, 2.75) is 59.5 Å². The molecule has 2 heteroatoms. The first kappa shape index (κ1) is 14.5. The second kappa shape index (κ2) is 6.51. The summed E-state index contributed by atoms with van der Waals surface area (Å²) in [5.74, 6) is 2.45. The third-order valence-electron chi connectivity index (χ3n) is 4.67. The zero-order valence-electron chi connectivity index (χ0n) is 12.8. The van der Waals surface area contributed by atoms with Crippen molar-refractivity contribution >= 4 is 0 Å². The Balaban J connectivity index is 1.97. The van der Waals surface area contributed by atoms with Gasteiger partial charge in [-0.05, 0) is 49.1 Å². The van der Waals surface area contributed by atoms with Crippen LogP contribution in [0, 0.1) is 24.7 Å². The lowest BCUT2D eigenvalue weighted by molar-refractivity contribution is 0.168. The first-order valence-electron chi connectivity index (χ1n) is 7.71. The Labute approximate surface area is 118 Å². The number of nitrogens with zero attached hydrogens (tertiary/aromatic N) is 1. The highest BCUT2D eigenvalue weighted by molar-refractivity contribution is 5.17. The van der Waals surface area contributed by atoms with Gasteiger partial charge in [-0.25, -0.2) is 0 Å². The highest BCUT2D eigenvalue weighted by Gasteiger charge is 2.30. The summed E-state index contributed by atoms with van der Waals surface area (Å²) in [5, 5.41) is 3.78. The largest absolute Gasteiger partial charge is 0.308 e. The standard InChI is InChI=1S/C17H28N2/c1-12(2)15-8-7-13(3)10-16(15)19-11-17-14(4)6-5-9-18-17/h5-6,9,12-13,15-16,19H,7-8,10-11H2,1-4H3. The van der Waals surface area contributed by atoms with Crippen LogP contribution in [0.4, 0.5) is 0 Å². The van der Waals surface area contributed by atoms with Gasteiger partial charge in [-0.15, -0.1) is 0 Å². The minimum atomic E-state index is 0.658. The van der Waals surface area contributed by atoms with Crippen LogP contribution in [0.15, 0.2) is 18.3 Å². The summed E-state index contributed by atoms with van der Waals surface area (Å²) in [7, 11) is 0. The van der Waals surface area contributed by atoms with Crippen molar-refractivity contribution in [3.63, 3.8) is 0 Å². The van der Waals surface area contributed by atoms with Crippen LogP contribution in [-0.4, -0.2) is 11.0 Å². The molecule has 0 amide bonds. The quantitative estimate of drug-likeness (QED) is 0.887. The van der Waals surface area contributed by atoms with Gasteiger partial charge < -0.3 is 5.32 Å². The molecule has 2 rings (SSSR count). The number of hydrogen-bond donors (Lipinski definition) is 1. The first-order valence-corrected chi connectivity index (χ1v) is 7.71. The van der Waals surface area contributed by atoms with E-state index in [4.69, 9.17) is 0 Å². The molecule has 1 aliphatic carbocycles. The lowest BCUT2D eigenvalue weighted by Crippen LogP contribution is -2.42. The van der Waals surface area contributed by atoms with E-state index in [-0.39, 0.29) is 0 Å². The Morgan fingerprint density at radius 2 is 2.16 bits per heavy atom. The van der Waals surface area contributed by atoms with Gasteiger partial charge in [-0.3, -0.25) is 4.98 Å². The van der Waals surface area contributed by atoms with Crippen molar-refractivity contribution in [3.8, 4) is 0 Å². The van der Waals surface area contributed by atoms with Gasteiger partial charge in [0, 0.05) is 18.8 Å². The molecule has 1 aromatic rings. The first-order chi connectivity index (χ1) is 9.08. The van der Waals surface area contributed by atoms with Gasteiger partial charge in [0.2, 0.25) is 0 Å². The van der Waals surface area contributed by atoms with Crippen LogP contribution < -0.4 is 5.32 Å². The molecule has 1 aromatic heterocycles. The molecule has 19 heavy (non-hydrogen) atoms. The van der Waals surface area contributed by atoms with E-state index in [0.717, 1.165) is 24.3 Å². The van der Waals surface area contributed by atoms with E-state index in [1.807, 2.05) is 12.3 Å². The zero-order valence-corrected chi connectivity index (χ0v) is 12.8. The van der Waals surface area contributed by atoms with Crippen molar-refractivity contribution in [1.82, 2.24) is 10.3 Å². The van der Waals surface area contributed by atoms with Crippen LogP contribution >= 0.6 is 0 Å². The lowest BCUT2D eigenvalue weighted by atomic mass is 9.74. The minimum Gasteiger partial charge on any atom is -0.308 e. The Hall–Kier alpha value is -0.890. The molecule has 0 spiro atoms. The van der Waals surface area contributed by atoms with Crippen molar-refractivity contribution in [2.24, 2.45) is 17.8 Å². The van der Waals surface area contributed by atoms with Crippen molar-refractivity contribution in [2.75, 3.05) is 0 Å². The number of rotatable bonds is 4. The second-order valence-electron chi connectivity index (χ2n) is 6.58. The highest BCUT2D eigenvalue weighted by atomic mass is 14.9. The van der Waals surface area contributed by atoms with Crippen molar-refractivity contribution < 1.29 is 0 Å². The number of aryl methyl sites for hydroxylation is 1. The number of aromatic nitrogens is 1. The highest BCUT2D eigenvalue weighted by Crippen LogP contribution is 2.33. The van der Waals surface area contributed by atoms with Crippen LogP contribution in [0.25, 0.3) is 0 Å². The molecule has 0 aliphatic heterocycles. The summed E-state index contributed by atoms with van der Waals surface area (Å²) in [6.45, 7) is 10.2. The van der Waals surface area contributed by atoms with Gasteiger partial charge in [0.1, 0.15) is 0 Å². The normalized spacial score (nSPS) is 27.7. The molecule has 0 bridgehead atoms. The fourth-order valence-corrected chi connectivity index (χ4v) is 3.37. The lowest BCUT2D eigenvalue weighted by Gasteiger charge is -2.38. The monoisotopic (exact) mass is 260 g/mol.